The van der Waals surface area contributed by atoms with Crippen LogP contribution in [0.3, 0.4) is 0 Å². The van der Waals surface area contributed by atoms with Crippen LogP contribution >= 0.6 is 12.2 Å². The minimum absolute atomic E-state index is 0.0665. The topological polar surface area (TPSA) is 97.0 Å². The molecule has 0 saturated heterocycles. The molecule has 3 N–H and O–H groups in total. The maximum absolute atomic E-state index is 11.2. The van der Waals surface area contributed by atoms with Crippen LogP contribution in [0.1, 0.15) is 28.3 Å². The van der Waals surface area contributed by atoms with Crippen LogP contribution in [0.25, 0.3) is 0 Å². The fraction of sp³-hybridized carbons (Fsp3) is 0.429. The highest BCUT2D eigenvalue weighted by Gasteiger charge is 2.16. The van der Waals surface area contributed by atoms with Crippen LogP contribution in [0.4, 0.5) is 5.69 Å². The lowest BCUT2D eigenvalue weighted by Gasteiger charge is -2.10. The van der Waals surface area contributed by atoms with Gasteiger partial charge in [-0.25, -0.2) is 4.79 Å². The van der Waals surface area contributed by atoms with Gasteiger partial charge in [0.25, 0.3) is 0 Å². The van der Waals surface area contributed by atoms with E-state index in [9.17, 15) is 4.79 Å². The average Bonchev–Trinajstić information content (AvgIpc) is 2.97. The second kappa shape index (κ2) is 7.23. The quantitative estimate of drug-likeness (QED) is 0.540. The Balaban J connectivity index is 1.80. The molecule has 23 heavy (non-hydrogen) atoms. The number of hydrogen-bond donors (Lipinski definition) is 3. The molecular formula is C14H20N6O2S. The summed E-state index contributed by atoms with van der Waals surface area (Å²) in [5, 5.41) is 23.7. The van der Waals surface area contributed by atoms with Crippen molar-refractivity contribution in [2.45, 2.75) is 26.8 Å². The van der Waals surface area contributed by atoms with E-state index in [1.807, 2.05) is 24.6 Å². The zero-order chi connectivity index (χ0) is 17.0. The van der Waals surface area contributed by atoms with Gasteiger partial charge in [0.15, 0.2) is 10.8 Å². The fourth-order valence-electron chi connectivity index (χ4n) is 2.28. The van der Waals surface area contributed by atoms with E-state index in [1.165, 1.54) is 10.9 Å². The number of thiocarbonyl (C=S) groups is 1. The van der Waals surface area contributed by atoms with Gasteiger partial charge in [-0.05, 0) is 38.6 Å². The third-order valence-electron chi connectivity index (χ3n) is 3.33. The van der Waals surface area contributed by atoms with E-state index in [0.29, 0.717) is 17.3 Å². The van der Waals surface area contributed by atoms with E-state index in [4.69, 9.17) is 17.3 Å². The van der Waals surface area contributed by atoms with Crippen LogP contribution in [0.15, 0.2) is 12.3 Å². The number of carboxylic acid groups (broad SMARTS) is 1. The minimum Gasteiger partial charge on any atom is -0.476 e. The van der Waals surface area contributed by atoms with Crippen molar-refractivity contribution < 1.29 is 9.90 Å². The molecule has 0 aliphatic carbocycles. The predicted octanol–water partition coefficient (Wildman–Crippen LogP) is 1.31. The number of nitrogens with one attached hydrogen (secondary N) is 2. The fourth-order valence-corrected chi connectivity index (χ4v) is 2.49. The van der Waals surface area contributed by atoms with Crippen molar-refractivity contribution in [1.29, 1.82) is 0 Å². The highest BCUT2D eigenvalue weighted by atomic mass is 32.1. The smallest absolute Gasteiger partial charge is 0.356 e. The zero-order valence-electron chi connectivity index (χ0n) is 13.3. The van der Waals surface area contributed by atoms with Crippen LogP contribution in [-0.2, 0) is 13.6 Å². The summed E-state index contributed by atoms with van der Waals surface area (Å²) in [6, 6.07) is 2.04. The molecule has 0 radical (unpaired) electrons. The van der Waals surface area contributed by atoms with Crippen LogP contribution in [0.5, 0.6) is 0 Å². The van der Waals surface area contributed by atoms with E-state index in [1.54, 1.807) is 7.05 Å². The van der Waals surface area contributed by atoms with Crippen LogP contribution in [0.2, 0.25) is 0 Å². The lowest BCUT2D eigenvalue weighted by atomic mass is 10.3. The van der Waals surface area contributed by atoms with Crippen molar-refractivity contribution in [2.24, 2.45) is 7.05 Å². The summed E-state index contributed by atoms with van der Waals surface area (Å²) in [5.74, 6) is -1.06. The van der Waals surface area contributed by atoms with Crippen molar-refractivity contribution in [2.75, 3.05) is 11.9 Å². The minimum atomic E-state index is -1.06. The highest BCUT2D eigenvalue weighted by molar-refractivity contribution is 7.80. The van der Waals surface area contributed by atoms with Crippen molar-refractivity contribution in [1.82, 2.24) is 24.9 Å². The molecule has 2 heterocycles. The van der Waals surface area contributed by atoms with Crippen molar-refractivity contribution in [3.63, 3.8) is 0 Å². The monoisotopic (exact) mass is 336 g/mol. The summed E-state index contributed by atoms with van der Waals surface area (Å²) in [5.41, 5.74) is 2.57. The summed E-state index contributed by atoms with van der Waals surface area (Å²) < 4.78 is 3.24. The number of aromatic nitrogens is 4. The first-order valence-electron chi connectivity index (χ1n) is 7.19. The number of nitrogens with zero attached hydrogens (tertiary/aromatic N) is 4. The number of hydrogen-bond acceptors (Lipinski definition) is 4. The van der Waals surface area contributed by atoms with E-state index < -0.39 is 5.97 Å². The molecule has 8 nitrogen and oxygen atoms in total. The first-order chi connectivity index (χ1) is 10.9. The molecule has 2 rings (SSSR count). The van der Waals surface area contributed by atoms with Crippen LogP contribution in [-0.4, -0.2) is 42.3 Å². The van der Waals surface area contributed by atoms with Gasteiger partial charge in [-0.1, -0.05) is 0 Å². The van der Waals surface area contributed by atoms with Gasteiger partial charge in [-0.15, -0.1) is 0 Å². The number of carboxylic acids is 1. The maximum Gasteiger partial charge on any atom is 0.356 e. The SMILES string of the molecule is Cc1cc(C)n(CCCNC(=S)Nc2cnn(C)c2C(=O)O)n1. The van der Waals surface area contributed by atoms with Crippen LogP contribution < -0.4 is 10.6 Å². The van der Waals surface area contributed by atoms with E-state index >= 15 is 0 Å². The maximum atomic E-state index is 11.2. The highest BCUT2D eigenvalue weighted by Crippen LogP contribution is 2.13. The van der Waals surface area contributed by atoms with Crippen molar-refractivity contribution >= 4 is 29.0 Å². The Labute approximate surface area is 139 Å². The van der Waals surface area contributed by atoms with Crippen molar-refractivity contribution in [3.8, 4) is 0 Å². The number of rotatable bonds is 6. The molecule has 9 heteroatoms. The second-order valence-electron chi connectivity index (χ2n) is 5.22. The molecule has 0 saturated carbocycles. The number of carbonyl (C=O) groups is 1. The predicted molar refractivity (Wildman–Crippen MR) is 90.7 cm³/mol. The van der Waals surface area contributed by atoms with Gasteiger partial charge in [-0.2, -0.15) is 10.2 Å². The number of anilines is 1. The molecule has 0 atom stereocenters. The molecule has 0 aromatic carbocycles. The van der Waals surface area contributed by atoms with Gasteiger partial charge in [0, 0.05) is 25.8 Å². The number of aryl methyl sites for hydroxylation is 4. The third kappa shape index (κ3) is 4.28. The Morgan fingerprint density at radius 1 is 1.43 bits per heavy atom. The zero-order valence-corrected chi connectivity index (χ0v) is 14.1. The molecule has 2 aromatic rings. The van der Waals surface area contributed by atoms with Gasteiger partial charge in [0.2, 0.25) is 0 Å². The Morgan fingerprint density at radius 3 is 2.78 bits per heavy atom. The van der Waals surface area contributed by atoms with Gasteiger partial charge >= 0.3 is 5.97 Å². The molecule has 0 spiro atoms. The Bertz CT molecular complexity index is 721. The molecule has 0 aliphatic heterocycles. The lowest BCUT2D eigenvalue weighted by Crippen LogP contribution is -2.30. The van der Waals surface area contributed by atoms with E-state index in [-0.39, 0.29) is 5.69 Å². The largest absolute Gasteiger partial charge is 0.476 e. The van der Waals surface area contributed by atoms with Gasteiger partial charge < -0.3 is 15.7 Å². The van der Waals surface area contributed by atoms with E-state index in [0.717, 1.165) is 24.4 Å². The second-order valence-corrected chi connectivity index (χ2v) is 5.63. The molecule has 0 fully saturated rings. The lowest BCUT2D eigenvalue weighted by molar-refractivity contribution is 0.0686. The first kappa shape index (κ1) is 16.9. The summed E-state index contributed by atoms with van der Waals surface area (Å²) in [6.45, 7) is 5.44. The van der Waals surface area contributed by atoms with Gasteiger partial charge in [0.1, 0.15) is 0 Å². The Kier molecular flexibility index (Phi) is 5.32. The number of aromatic carboxylic acids is 1. The molecule has 0 aliphatic rings. The van der Waals surface area contributed by atoms with Crippen molar-refractivity contribution in [3.05, 3.63) is 29.3 Å². The summed E-state index contributed by atoms with van der Waals surface area (Å²) in [6.07, 6.45) is 2.29. The van der Waals surface area contributed by atoms with Crippen LogP contribution in [0, 0.1) is 13.8 Å². The van der Waals surface area contributed by atoms with Gasteiger partial charge in [0.05, 0.1) is 17.6 Å². The van der Waals surface area contributed by atoms with E-state index in [2.05, 4.69) is 20.8 Å². The Hall–Kier alpha value is -2.42. The molecule has 0 bridgehead atoms. The molecular weight excluding hydrogens is 316 g/mol. The van der Waals surface area contributed by atoms with Gasteiger partial charge in [-0.3, -0.25) is 9.36 Å². The first-order valence-corrected chi connectivity index (χ1v) is 7.60. The molecule has 0 amide bonds. The third-order valence-corrected chi connectivity index (χ3v) is 3.57. The summed E-state index contributed by atoms with van der Waals surface area (Å²) in [7, 11) is 1.57. The Morgan fingerprint density at radius 2 is 2.17 bits per heavy atom. The summed E-state index contributed by atoms with van der Waals surface area (Å²) >= 11 is 5.18. The average molecular weight is 336 g/mol. The normalized spacial score (nSPS) is 10.6. The standard InChI is InChI=1S/C14H20N6O2S/c1-9-7-10(2)20(18-9)6-4-5-15-14(23)17-11-8-16-19(3)12(11)13(21)22/h7-8H,4-6H2,1-3H3,(H,21,22)(H2,15,17,23). The summed E-state index contributed by atoms with van der Waals surface area (Å²) in [4.78, 5) is 11.2. The molecule has 2 aromatic heterocycles. The molecule has 0 unspecified atom stereocenters. The molecule has 124 valence electrons.